The molecule has 4 nitrogen and oxygen atoms in total. The molecule has 0 amide bonds. The molecule has 1 N–H and O–H groups in total. The van der Waals surface area contributed by atoms with Crippen LogP contribution in [0.3, 0.4) is 0 Å². The number of piperidine rings is 1. The summed E-state index contributed by atoms with van der Waals surface area (Å²) in [4.78, 5) is 17.5. The Bertz CT molecular complexity index is 716. The molecular weight excluding hydrogens is 286 g/mol. The van der Waals surface area contributed by atoms with Gasteiger partial charge in [-0.15, -0.1) is 0 Å². The molecule has 1 saturated heterocycles. The van der Waals surface area contributed by atoms with Gasteiger partial charge in [0.2, 0.25) is 0 Å². The van der Waals surface area contributed by atoms with Crippen LogP contribution in [0.15, 0.2) is 40.7 Å². The van der Waals surface area contributed by atoms with Crippen LogP contribution in [0.2, 0.25) is 0 Å². The zero-order valence-electron chi connectivity index (χ0n) is 14.1. The van der Waals surface area contributed by atoms with E-state index in [1.165, 1.54) is 38.8 Å². The standard InChI is InChI=1S/C19H27N3O/c1-2-3-7-16-10-14-21(15-11-16)12-6-13-22-18-9-5-4-8-17(18)20-19(22)23/h4-5,7-9H,2-3,6,10-15H2,1H3,(H,20,23). The second-order valence-corrected chi connectivity index (χ2v) is 6.45. The van der Waals surface area contributed by atoms with Gasteiger partial charge in [0.1, 0.15) is 0 Å². The van der Waals surface area contributed by atoms with Crippen molar-refractivity contribution >= 4 is 11.0 Å². The van der Waals surface area contributed by atoms with Crippen molar-refractivity contribution in [2.75, 3.05) is 19.6 Å². The zero-order chi connectivity index (χ0) is 16.1. The van der Waals surface area contributed by atoms with Crippen LogP contribution >= 0.6 is 0 Å². The number of nitrogens with one attached hydrogen (secondary N) is 1. The summed E-state index contributed by atoms with van der Waals surface area (Å²) in [5, 5.41) is 0. The van der Waals surface area contributed by atoms with Gasteiger partial charge in [0, 0.05) is 19.6 Å². The lowest BCUT2D eigenvalue weighted by Gasteiger charge is -2.28. The Morgan fingerprint density at radius 1 is 1.17 bits per heavy atom. The third-order valence-corrected chi connectivity index (χ3v) is 4.76. The highest BCUT2D eigenvalue weighted by molar-refractivity contribution is 5.74. The highest BCUT2D eigenvalue weighted by Gasteiger charge is 2.13. The predicted octanol–water partition coefficient (Wildman–Crippen LogP) is 3.54. The van der Waals surface area contributed by atoms with Crippen molar-refractivity contribution in [1.29, 1.82) is 0 Å². The first-order valence-corrected chi connectivity index (χ1v) is 8.85. The van der Waals surface area contributed by atoms with Gasteiger partial charge in [0.25, 0.3) is 0 Å². The molecular formula is C19H27N3O. The molecule has 124 valence electrons. The van der Waals surface area contributed by atoms with Crippen LogP contribution in [-0.4, -0.2) is 34.1 Å². The molecule has 1 aromatic heterocycles. The van der Waals surface area contributed by atoms with Gasteiger partial charge in [0.15, 0.2) is 0 Å². The quantitative estimate of drug-likeness (QED) is 0.829. The monoisotopic (exact) mass is 313 g/mol. The van der Waals surface area contributed by atoms with E-state index in [1.807, 2.05) is 28.8 Å². The number of nitrogens with zero attached hydrogens (tertiary/aromatic N) is 2. The largest absolute Gasteiger partial charge is 0.326 e. The number of allylic oxidation sites excluding steroid dienone is 1. The average molecular weight is 313 g/mol. The summed E-state index contributed by atoms with van der Waals surface area (Å²) < 4.78 is 1.87. The van der Waals surface area contributed by atoms with Gasteiger partial charge >= 0.3 is 5.69 Å². The average Bonchev–Trinajstić information content (AvgIpc) is 2.90. The number of imidazole rings is 1. The van der Waals surface area contributed by atoms with Crippen molar-refractivity contribution in [2.24, 2.45) is 0 Å². The molecule has 2 heterocycles. The van der Waals surface area contributed by atoms with E-state index in [0.717, 1.165) is 30.5 Å². The van der Waals surface area contributed by atoms with Crippen molar-refractivity contribution in [3.8, 4) is 0 Å². The second kappa shape index (κ2) is 7.64. The summed E-state index contributed by atoms with van der Waals surface area (Å²) in [6.07, 6.45) is 8.35. The molecule has 0 atom stereocenters. The number of H-pyrrole nitrogens is 1. The fourth-order valence-electron chi connectivity index (χ4n) is 3.40. The number of para-hydroxylation sites is 2. The first-order chi connectivity index (χ1) is 11.3. The minimum atomic E-state index is 0.00892. The third kappa shape index (κ3) is 3.94. The molecule has 3 rings (SSSR count). The van der Waals surface area contributed by atoms with E-state index < -0.39 is 0 Å². The Balaban J connectivity index is 1.50. The van der Waals surface area contributed by atoms with E-state index in [0.29, 0.717) is 0 Å². The molecule has 0 saturated carbocycles. The maximum absolute atomic E-state index is 12.1. The molecule has 0 bridgehead atoms. The molecule has 4 heteroatoms. The van der Waals surface area contributed by atoms with Crippen LogP contribution in [0.4, 0.5) is 0 Å². The Morgan fingerprint density at radius 2 is 1.96 bits per heavy atom. The Hall–Kier alpha value is -1.81. The van der Waals surface area contributed by atoms with E-state index in [1.54, 1.807) is 5.57 Å². The minimum Gasteiger partial charge on any atom is -0.306 e. The van der Waals surface area contributed by atoms with Gasteiger partial charge in [-0.3, -0.25) is 4.57 Å². The molecule has 0 spiro atoms. The molecule has 0 unspecified atom stereocenters. The van der Waals surface area contributed by atoms with Crippen LogP contribution in [0.1, 0.15) is 39.0 Å². The van der Waals surface area contributed by atoms with E-state index in [2.05, 4.69) is 22.9 Å². The predicted molar refractivity (Wildman–Crippen MR) is 95.8 cm³/mol. The summed E-state index contributed by atoms with van der Waals surface area (Å²) in [6, 6.07) is 7.92. The number of aromatic amines is 1. The smallest absolute Gasteiger partial charge is 0.306 e. The summed E-state index contributed by atoms with van der Waals surface area (Å²) in [6.45, 7) is 6.43. The number of rotatable bonds is 6. The summed E-state index contributed by atoms with van der Waals surface area (Å²) in [5.74, 6) is 0. The van der Waals surface area contributed by atoms with Crippen molar-refractivity contribution in [3.05, 3.63) is 46.4 Å². The maximum atomic E-state index is 12.1. The van der Waals surface area contributed by atoms with Gasteiger partial charge in [-0.1, -0.05) is 37.1 Å². The van der Waals surface area contributed by atoms with Crippen molar-refractivity contribution in [2.45, 2.75) is 45.6 Å². The SMILES string of the molecule is CCCC=C1CCN(CCCn2c(=O)[nH]c3ccccc32)CC1. The molecule has 1 aliphatic rings. The van der Waals surface area contributed by atoms with E-state index in [4.69, 9.17) is 0 Å². The highest BCUT2D eigenvalue weighted by Crippen LogP contribution is 2.17. The van der Waals surface area contributed by atoms with Crippen LogP contribution in [0, 0.1) is 0 Å². The van der Waals surface area contributed by atoms with Gasteiger partial charge in [-0.05, 0) is 44.4 Å². The molecule has 1 aliphatic heterocycles. The number of aryl methyl sites for hydroxylation is 1. The zero-order valence-corrected chi connectivity index (χ0v) is 14.1. The minimum absolute atomic E-state index is 0.00892. The Labute approximate surface area is 137 Å². The lowest BCUT2D eigenvalue weighted by molar-refractivity contribution is 0.248. The molecule has 2 aromatic rings. The maximum Gasteiger partial charge on any atom is 0.326 e. The molecule has 0 aliphatic carbocycles. The fraction of sp³-hybridized carbons (Fsp3) is 0.526. The lowest BCUT2D eigenvalue weighted by Crippen LogP contribution is -2.32. The van der Waals surface area contributed by atoms with Gasteiger partial charge in [-0.25, -0.2) is 4.79 Å². The normalized spacial score (nSPS) is 16.1. The first-order valence-electron chi connectivity index (χ1n) is 8.85. The van der Waals surface area contributed by atoms with Crippen molar-refractivity contribution in [1.82, 2.24) is 14.5 Å². The van der Waals surface area contributed by atoms with E-state index in [9.17, 15) is 4.79 Å². The number of hydrogen-bond donors (Lipinski definition) is 1. The summed E-state index contributed by atoms with van der Waals surface area (Å²) in [7, 11) is 0. The van der Waals surface area contributed by atoms with Gasteiger partial charge in [0.05, 0.1) is 11.0 Å². The number of fused-ring (bicyclic) bond motifs is 1. The first kappa shape index (κ1) is 16.1. The number of aromatic nitrogens is 2. The van der Waals surface area contributed by atoms with E-state index >= 15 is 0 Å². The summed E-state index contributed by atoms with van der Waals surface area (Å²) >= 11 is 0. The second-order valence-electron chi connectivity index (χ2n) is 6.45. The van der Waals surface area contributed by atoms with Gasteiger partial charge in [-0.2, -0.15) is 0 Å². The highest BCUT2D eigenvalue weighted by atomic mass is 16.1. The number of likely N-dealkylation sites (tertiary alicyclic amines) is 1. The molecule has 23 heavy (non-hydrogen) atoms. The van der Waals surface area contributed by atoms with Crippen LogP contribution < -0.4 is 5.69 Å². The van der Waals surface area contributed by atoms with Crippen molar-refractivity contribution in [3.63, 3.8) is 0 Å². The van der Waals surface area contributed by atoms with Crippen LogP contribution in [-0.2, 0) is 6.54 Å². The Morgan fingerprint density at radius 3 is 2.74 bits per heavy atom. The summed E-state index contributed by atoms with van der Waals surface area (Å²) in [5.41, 5.74) is 3.59. The lowest BCUT2D eigenvalue weighted by atomic mass is 10.0. The third-order valence-electron chi connectivity index (χ3n) is 4.76. The fourth-order valence-corrected chi connectivity index (χ4v) is 3.40. The van der Waals surface area contributed by atoms with Gasteiger partial charge < -0.3 is 9.88 Å². The van der Waals surface area contributed by atoms with E-state index in [-0.39, 0.29) is 5.69 Å². The van der Waals surface area contributed by atoms with Crippen LogP contribution in [0.5, 0.6) is 0 Å². The topological polar surface area (TPSA) is 41.0 Å². The van der Waals surface area contributed by atoms with Crippen molar-refractivity contribution < 1.29 is 0 Å². The number of benzene rings is 1. The molecule has 1 aromatic carbocycles. The number of unbranched alkanes of at least 4 members (excludes halogenated alkanes) is 1. The molecule has 0 radical (unpaired) electrons. The number of hydrogen-bond acceptors (Lipinski definition) is 2. The van der Waals surface area contributed by atoms with Crippen LogP contribution in [0.25, 0.3) is 11.0 Å². The Kier molecular flexibility index (Phi) is 5.34. The molecule has 1 fully saturated rings.